The Bertz CT molecular complexity index is 1490. The van der Waals surface area contributed by atoms with Gasteiger partial charge in [-0.25, -0.2) is 4.98 Å². The molecule has 0 saturated carbocycles. The Morgan fingerprint density at radius 1 is 1.11 bits per heavy atom. The third kappa shape index (κ3) is 4.14. The van der Waals surface area contributed by atoms with Gasteiger partial charge >= 0.3 is 0 Å². The number of hydrogen-bond acceptors (Lipinski definition) is 10. The van der Waals surface area contributed by atoms with Crippen LogP contribution >= 0.6 is 11.3 Å². The Kier molecular flexibility index (Phi) is 5.88. The molecule has 2 saturated heterocycles. The molecule has 0 radical (unpaired) electrons. The highest BCUT2D eigenvalue weighted by molar-refractivity contribution is 7.14. The van der Waals surface area contributed by atoms with Crippen LogP contribution in [0.25, 0.3) is 21.3 Å². The molecule has 5 heterocycles. The second-order valence-electron chi connectivity index (χ2n) is 9.98. The molecule has 9 nitrogen and oxygen atoms in total. The molecule has 2 aliphatic rings. The van der Waals surface area contributed by atoms with E-state index in [0.29, 0.717) is 28.4 Å². The van der Waals surface area contributed by atoms with Crippen molar-refractivity contribution in [3.63, 3.8) is 0 Å². The summed E-state index contributed by atoms with van der Waals surface area (Å²) in [6.07, 6.45) is 5.21. The average molecular weight is 518 g/mol. The zero-order valence-corrected chi connectivity index (χ0v) is 22.4. The van der Waals surface area contributed by atoms with E-state index in [0.717, 1.165) is 76.1 Å². The van der Waals surface area contributed by atoms with Crippen LogP contribution in [0.3, 0.4) is 0 Å². The van der Waals surface area contributed by atoms with Gasteiger partial charge in [-0.05, 0) is 64.3 Å². The predicted molar refractivity (Wildman–Crippen MR) is 147 cm³/mol. The lowest BCUT2D eigenvalue weighted by Gasteiger charge is -2.49. The first-order valence-corrected chi connectivity index (χ1v) is 13.4. The minimum absolute atomic E-state index is 0.297. The maximum absolute atomic E-state index is 6.59. The highest BCUT2D eigenvalue weighted by Gasteiger charge is 2.39. The summed E-state index contributed by atoms with van der Waals surface area (Å²) in [4.78, 5) is 11.9. The number of aromatic nitrogens is 4. The van der Waals surface area contributed by atoms with Crippen molar-refractivity contribution in [2.45, 2.75) is 45.6 Å². The number of aryl methyl sites for hydroxylation is 2. The fourth-order valence-corrected chi connectivity index (χ4v) is 6.12. The largest absolute Gasteiger partial charge is 0.496 e. The smallest absolute Gasteiger partial charge is 0.232 e. The van der Waals surface area contributed by atoms with Crippen molar-refractivity contribution >= 4 is 33.7 Å². The number of nitrogens with zero attached hydrogens (tertiary/aromatic N) is 5. The number of nitrogens with two attached hydrogens (primary N) is 1. The molecule has 10 heteroatoms. The fraction of sp³-hybridized carbons (Fsp3) is 0.407. The highest BCUT2D eigenvalue weighted by Crippen LogP contribution is 2.43. The van der Waals surface area contributed by atoms with Gasteiger partial charge < -0.3 is 25.4 Å². The number of pyridine rings is 2. The van der Waals surface area contributed by atoms with Gasteiger partial charge in [-0.2, -0.15) is 4.98 Å². The maximum Gasteiger partial charge on any atom is 0.232 e. The van der Waals surface area contributed by atoms with Gasteiger partial charge in [0, 0.05) is 41.3 Å². The molecule has 0 atom stereocenters. The second-order valence-corrected chi connectivity index (χ2v) is 11.2. The van der Waals surface area contributed by atoms with Gasteiger partial charge in [-0.15, -0.1) is 10.2 Å². The van der Waals surface area contributed by atoms with E-state index < -0.39 is 0 Å². The molecule has 2 fully saturated rings. The Hall–Kier alpha value is -3.50. The van der Waals surface area contributed by atoms with Crippen LogP contribution in [-0.2, 0) is 0 Å². The van der Waals surface area contributed by atoms with Crippen LogP contribution in [0.4, 0.5) is 11.6 Å². The van der Waals surface area contributed by atoms with Crippen molar-refractivity contribution in [3.8, 4) is 28.0 Å². The Morgan fingerprint density at radius 3 is 2.54 bits per heavy atom. The standard InChI is InChI=1S/C27H31N7O2S/c1-15-5-6-20(35-4)16(2)23(15)36-25-22-18(19(14-29-24(22)28)26-33-32-17(3)37-26)13-21(31-25)34-11-8-27(9-12-34)7-10-30-27/h5-6,13-14,30H,7-12H2,1-4H3,(H2,28,29). The number of benzene rings is 1. The monoisotopic (exact) mass is 517 g/mol. The van der Waals surface area contributed by atoms with E-state index in [4.69, 9.17) is 20.2 Å². The van der Waals surface area contributed by atoms with E-state index in [2.05, 4.69) is 31.5 Å². The summed E-state index contributed by atoms with van der Waals surface area (Å²) >= 11 is 1.53. The summed E-state index contributed by atoms with van der Waals surface area (Å²) in [5, 5.41) is 15.5. The molecule has 3 aromatic heterocycles. The van der Waals surface area contributed by atoms with Gasteiger partial charge in [-0.3, -0.25) is 0 Å². The van der Waals surface area contributed by atoms with E-state index in [1.54, 1.807) is 13.3 Å². The average Bonchev–Trinajstić information content (AvgIpc) is 3.31. The van der Waals surface area contributed by atoms with Crippen LogP contribution in [0.15, 0.2) is 24.4 Å². The third-order valence-electron chi connectivity index (χ3n) is 7.73. The van der Waals surface area contributed by atoms with Gasteiger partial charge in [0.1, 0.15) is 33.1 Å². The first kappa shape index (κ1) is 23.9. The minimum atomic E-state index is 0.297. The second kappa shape index (κ2) is 9.11. The lowest BCUT2D eigenvalue weighted by atomic mass is 9.79. The minimum Gasteiger partial charge on any atom is -0.496 e. The molecule has 1 aromatic carbocycles. The maximum atomic E-state index is 6.59. The lowest BCUT2D eigenvalue weighted by molar-refractivity contribution is 0.163. The van der Waals surface area contributed by atoms with E-state index >= 15 is 0 Å². The number of fused-ring (bicyclic) bond motifs is 1. The summed E-state index contributed by atoms with van der Waals surface area (Å²) in [5.41, 5.74) is 9.53. The molecule has 0 unspecified atom stereocenters. The van der Waals surface area contributed by atoms with Crippen LogP contribution < -0.4 is 25.4 Å². The normalized spacial score (nSPS) is 16.7. The molecule has 2 aliphatic heterocycles. The summed E-state index contributed by atoms with van der Waals surface area (Å²) in [5.74, 6) is 3.12. The van der Waals surface area contributed by atoms with Crippen molar-refractivity contribution in [2.24, 2.45) is 0 Å². The van der Waals surface area contributed by atoms with Gasteiger partial charge in [0.15, 0.2) is 0 Å². The highest BCUT2D eigenvalue weighted by atomic mass is 32.1. The molecule has 37 heavy (non-hydrogen) atoms. The van der Waals surface area contributed by atoms with E-state index in [9.17, 15) is 0 Å². The Balaban J connectivity index is 1.51. The molecule has 192 valence electrons. The van der Waals surface area contributed by atoms with Gasteiger partial charge in [0.2, 0.25) is 5.88 Å². The van der Waals surface area contributed by atoms with Gasteiger partial charge in [-0.1, -0.05) is 17.4 Å². The molecule has 1 spiro atoms. The zero-order chi connectivity index (χ0) is 25.7. The van der Waals surface area contributed by atoms with E-state index in [1.165, 1.54) is 17.8 Å². The first-order chi connectivity index (χ1) is 17.9. The van der Waals surface area contributed by atoms with E-state index in [-0.39, 0.29) is 0 Å². The number of hydrogen-bond donors (Lipinski definition) is 2. The van der Waals surface area contributed by atoms with Crippen molar-refractivity contribution < 1.29 is 9.47 Å². The number of anilines is 2. The molecule has 0 amide bonds. The summed E-state index contributed by atoms with van der Waals surface area (Å²) in [7, 11) is 1.66. The van der Waals surface area contributed by atoms with E-state index in [1.807, 2.05) is 32.9 Å². The number of rotatable bonds is 5. The van der Waals surface area contributed by atoms with Crippen LogP contribution in [-0.4, -0.2) is 52.4 Å². The molecule has 0 aliphatic carbocycles. The summed E-state index contributed by atoms with van der Waals surface area (Å²) < 4.78 is 12.2. The van der Waals surface area contributed by atoms with Crippen LogP contribution in [0, 0.1) is 20.8 Å². The van der Waals surface area contributed by atoms with Crippen LogP contribution in [0.1, 0.15) is 35.4 Å². The molecular weight excluding hydrogens is 486 g/mol. The quantitative estimate of drug-likeness (QED) is 0.386. The van der Waals surface area contributed by atoms with Crippen LogP contribution in [0.2, 0.25) is 0 Å². The molecule has 6 rings (SSSR count). The summed E-state index contributed by atoms with van der Waals surface area (Å²) in [6.45, 7) is 8.91. The Labute approximate surface area is 220 Å². The zero-order valence-electron chi connectivity index (χ0n) is 21.6. The van der Waals surface area contributed by atoms with Crippen LogP contribution in [0.5, 0.6) is 17.4 Å². The molecule has 4 aromatic rings. The Morgan fingerprint density at radius 2 is 1.89 bits per heavy atom. The fourth-order valence-electron chi connectivity index (χ4n) is 5.40. The SMILES string of the molecule is COc1ccc(C)c(Oc2nc(N3CCC4(CCN4)CC3)cc3c(-c4nnc(C)s4)cnc(N)c23)c1C. The topological polar surface area (TPSA) is 111 Å². The molecular formula is C27H31N7O2S. The number of nitrogens with one attached hydrogen (secondary N) is 1. The van der Waals surface area contributed by atoms with Crippen molar-refractivity contribution in [1.29, 1.82) is 0 Å². The number of nitrogen functional groups attached to an aromatic ring is 1. The van der Waals surface area contributed by atoms with Crippen molar-refractivity contribution in [3.05, 3.63) is 40.5 Å². The van der Waals surface area contributed by atoms with Gasteiger partial charge in [0.25, 0.3) is 0 Å². The number of piperidine rings is 1. The van der Waals surface area contributed by atoms with Crippen molar-refractivity contribution in [2.75, 3.05) is 37.4 Å². The van der Waals surface area contributed by atoms with Gasteiger partial charge in [0.05, 0.1) is 12.5 Å². The third-order valence-corrected chi connectivity index (χ3v) is 8.60. The number of ether oxygens (including phenoxy) is 2. The summed E-state index contributed by atoms with van der Waals surface area (Å²) in [6, 6.07) is 6.03. The number of methoxy groups -OCH3 is 1. The predicted octanol–water partition coefficient (Wildman–Crippen LogP) is 4.79. The van der Waals surface area contributed by atoms with Crippen molar-refractivity contribution in [1.82, 2.24) is 25.5 Å². The lowest BCUT2D eigenvalue weighted by Crippen LogP contribution is -2.62. The molecule has 0 bridgehead atoms. The first-order valence-electron chi connectivity index (χ1n) is 12.6. The molecule has 3 N–H and O–H groups in total.